The SMILES string of the molecule is CCOC(=O)c1ccc(/C=C/c2ccc3c(c2)C2(CCC3(C)C)SCCCS2)cc1.CCOC(=O)c1ccc(/C=C/c2ccc3c(c2)C2(CCC3(C)C)SCCCS2)cc1.SCCCS. The molecule has 65 heavy (non-hydrogen) atoms. The monoisotopic (exact) mass is 984 g/mol. The molecule has 0 atom stereocenters. The molecule has 0 bridgehead atoms. The van der Waals surface area contributed by atoms with Gasteiger partial charge in [0.2, 0.25) is 0 Å². The molecule has 0 N–H and O–H groups in total. The van der Waals surface area contributed by atoms with Crippen molar-refractivity contribution >= 4 is 109 Å². The molecule has 0 unspecified atom stereocenters. The number of benzene rings is 4. The standard InChI is InChI=1S/2C26H30O2S2.C3H8S2/c2*1-4-28-24(27)21-11-8-19(9-12-21)6-7-20-10-13-22-23(18-20)26(15-14-25(22,2)3)29-16-5-17-30-26;4-2-1-3-5/h2*6-13,18H,4-5,14-17H2,1-3H3;4-5H,1-3H2/b2*7-6+;. The minimum Gasteiger partial charge on any atom is -0.462 e. The first kappa shape index (κ1) is 51.8. The Morgan fingerprint density at radius 2 is 0.846 bits per heavy atom. The van der Waals surface area contributed by atoms with Crippen LogP contribution in [0.15, 0.2) is 84.9 Å². The number of hydrogen-bond donors (Lipinski definition) is 2. The van der Waals surface area contributed by atoms with E-state index in [1.54, 1.807) is 0 Å². The van der Waals surface area contributed by atoms with E-state index in [-0.39, 0.29) is 30.9 Å². The summed E-state index contributed by atoms with van der Waals surface area (Å²) in [4.78, 5) is 23.7. The van der Waals surface area contributed by atoms with Crippen molar-refractivity contribution in [3.63, 3.8) is 0 Å². The fraction of sp³-hybridized carbons (Fsp3) is 0.455. The van der Waals surface area contributed by atoms with Gasteiger partial charge in [-0.3, -0.25) is 0 Å². The highest BCUT2D eigenvalue weighted by atomic mass is 32.2. The zero-order chi connectivity index (χ0) is 46.5. The summed E-state index contributed by atoms with van der Waals surface area (Å²) in [5, 5.41) is 0. The Balaban J connectivity index is 0.000000195. The van der Waals surface area contributed by atoms with Gasteiger partial charge in [0.05, 0.1) is 32.5 Å². The van der Waals surface area contributed by atoms with Crippen molar-refractivity contribution in [3.05, 3.63) is 141 Å². The predicted molar refractivity (Wildman–Crippen MR) is 295 cm³/mol. The predicted octanol–water partition coefficient (Wildman–Crippen LogP) is 15.5. The van der Waals surface area contributed by atoms with E-state index in [9.17, 15) is 9.59 Å². The third-order valence-corrected chi connectivity index (χ3v) is 20.1. The van der Waals surface area contributed by atoms with Gasteiger partial charge < -0.3 is 9.47 Å². The van der Waals surface area contributed by atoms with Crippen LogP contribution in [0.4, 0.5) is 0 Å². The zero-order valence-corrected chi connectivity index (χ0v) is 44.2. The van der Waals surface area contributed by atoms with Crippen LogP contribution in [-0.4, -0.2) is 59.7 Å². The lowest BCUT2D eigenvalue weighted by atomic mass is 9.72. The number of ether oxygens (including phenoxy) is 2. The van der Waals surface area contributed by atoms with Gasteiger partial charge in [-0.2, -0.15) is 25.3 Å². The van der Waals surface area contributed by atoms with E-state index in [0.29, 0.717) is 24.3 Å². The van der Waals surface area contributed by atoms with E-state index in [2.05, 4.69) is 161 Å². The van der Waals surface area contributed by atoms with Gasteiger partial charge in [0, 0.05) is 0 Å². The molecule has 348 valence electrons. The van der Waals surface area contributed by atoms with Gasteiger partial charge in [0.25, 0.3) is 0 Å². The highest BCUT2D eigenvalue weighted by Crippen LogP contribution is 2.61. The van der Waals surface area contributed by atoms with Gasteiger partial charge in [-0.15, -0.1) is 47.0 Å². The first-order valence-corrected chi connectivity index (χ1v) is 28.5. The number of carbonyl (C=O) groups excluding carboxylic acids is 2. The fourth-order valence-electron chi connectivity index (χ4n) is 8.73. The van der Waals surface area contributed by atoms with Gasteiger partial charge in [-0.05, 0) is 185 Å². The van der Waals surface area contributed by atoms with E-state index in [4.69, 9.17) is 9.47 Å². The van der Waals surface area contributed by atoms with Crippen LogP contribution >= 0.6 is 72.3 Å². The summed E-state index contributed by atoms with van der Waals surface area (Å²) in [6, 6.07) is 29.3. The second kappa shape index (κ2) is 24.1. The largest absolute Gasteiger partial charge is 0.462 e. The van der Waals surface area contributed by atoms with Crippen molar-refractivity contribution in [2.75, 3.05) is 47.7 Å². The Kier molecular flexibility index (Phi) is 19.2. The summed E-state index contributed by atoms with van der Waals surface area (Å²) in [6.45, 7) is 14.0. The third kappa shape index (κ3) is 13.3. The van der Waals surface area contributed by atoms with Crippen LogP contribution in [0.5, 0.6) is 0 Å². The molecular formula is C55H68O4S6. The third-order valence-electron chi connectivity index (χ3n) is 12.5. The summed E-state index contributed by atoms with van der Waals surface area (Å²) in [7, 11) is 0. The van der Waals surface area contributed by atoms with Crippen molar-refractivity contribution in [2.45, 2.75) is 105 Å². The van der Waals surface area contributed by atoms with Gasteiger partial charge in [-0.1, -0.05) is 101 Å². The average Bonchev–Trinajstić information content (AvgIpc) is 3.32. The number of fused-ring (bicyclic) bond motifs is 4. The van der Waals surface area contributed by atoms with Crippen LogP contribution in [0.1, 0.15) is 152 Å². The Morgan fingerprint density at radius 3 is 1.17 bits per heavy atom. The van der Waals surface area contributed by atoms with Crippen LogP contribution in [-0.2, 0) is 28.5 Å². The van der Waals surface area contributed by atoms with Crippen LogP contribution in [0.3, 0.4) is 0 Å². The number of carbonyl (C=O) groups is 2. The van der Waals surface area contributed by atoms with Crippen LogP contribution in [0.25, 0.3) is 24.3 Å². The molecule has 4 aromatic carbocycles. The maximum absolute atomic E-state index is 11.8. The lowest BCUT2D eigenvalue weighted by molar-refractivity contribution is 0.0516. The summed E-state index contributed by atoms with van der Waals surface area (Å²) >= 11 is 16.5. The molecule has 4 aliphatic rings. The van der Waals surface area contributed by atoms with E-state index in [0.717, 1.165) is 29.1 Å². The smallest absolute Gasteiger partial charge is 0.338 e. The van der Waals surface area contributed by atoms with Crippen molar-refractivity contribution in [2.24, 2.45) is 0 Å². The minimum atomic E-state index is -0.266. The molecule has 2 saturated heterocycles. The molecule has 0 radical (unpaired) electrons. The van der Waals surface area contributed by atoms with Crippen molar-refractivity contribution in [3.8, 4) is 0 Å². The van der Waals surface area contributed by atoms with Gasteiger partial charge in [0.15, 0.2) is 0 Å². The molecule has 4 aromatic rings. The Labute approximate surface area is 418 Å². The van der Waals surface area contributed by atoms with Crippen LogP contribution in [0, 0.1) is 0 Å². The number of thioether (sulfide) groups is 4. The van der Waals surface area contributed by atoms with Crippen molar-refractivity contribution in [1.82, 2.24) is 0 Å². The molecule has 0 amide bonds. The number of hydrogen-bond acceptors (Lipinski definition) is 10. The Morgan fingerprint density at radius 1 is 0.508 bits per heavy atom. The Hall–Kier alpha value is -2.60. The highest BCUT2D eigenvalue weighted by molar-refractivity contribution is 8.18. The first-order chi connectivity index (χ1) is 31.3. The molecule has 0 aromatic heterocycles. The van der Waals surface area contributed by atoms with Gasteiger partial charge in [0.1, 0.15) is 0 Å². The molecule has 2 spiro atoms. The minimum absolute atomic E-state index is 0.230. The summed E-state index contributed by atoms with van der Waals surface area (Å²) < 4.78 is 10.6. The summed E-state index contributed by atoms with van der Waals surface area (Å²) in [6.07, 6.45) is 17.4. The molecule has 2 aliphatic heterocycles. The zero-order valence-electron chi connectivity index (χ0n) is 39.2. The lowest BCUT2D eigenvalue weighted by Gasteiger charge is -2.46. The van der Waals surface area contributed by atoms with Crippen LogP contribution < -0.4 is 0 Å². The molecule has 0 saturated carbocycles. The fourth-order valence-corrected chi connectivity index (χ4v) is 16.1. The molecule has 4 nitrogen and oxygen atoms in total. The normalized spacial score (nSPS) is 18.7. The number of esters is 2. The van der Waals surface area contributed by atoms with Crippen LogP contribution in [0.2, 0.25) is 0 Å². The summed E-state index contributed by atoms with van der Waals surface area (Å²) in [5.74, 6) is 6.45. The van der Waals surface area contributed by atoms with Crippen molar-refractivity contribution < 1.29 is 19.1 Å². The van der Waals surface area contributed by atoms with Gasteiger partial charge in [-0.25, -0.2) is 9.59 Å². The lowest BCUT2D eigenvalue weighted by Crippen LogP contribution is -2.35. The van der Waals surface area contributed by atoms with Crippen molar-refractivity contribution in [1.29, 1.82) is 0 Å². The quantitative estimate of drug-likeness (QED) is 0.0926. The number of rotatable bonds is 10. The van der Waals surface area contributed by atoms with E-state index in [1.165, 1.54) is 94.9 Å². The molecule has 2 fully saturated rings. The van der Waals surface area contributed by atoms with Gasteiger partial charge >= 0.3 is 11.9 Å². The second-order valence-corrected chi connectivity index (χ2v) is 25.1. The second-order valence-electron chi connectivity index (χ2n) is 18.1. The maximum atomic E-state index is 11.8. The summed E-state index contributed by atoms with van der Waals surface area (Å²) in [5.41, 5.74) is 12.4. The molecule has 8 rings (SSSR count). The van der Waals surface area contributed by atoms with E-state index < -0.39 is 0 Å². The van der Waals surface area contributed by atoms with E-state index in [1.807, 2.05) is 62.4 Å². The average molecular weight is 986 g/mol. The molecular weight excluding hydrogens is 917 g/mol. The van der Waals surface area contributed by atoms with E-state index >= 15 is 0 Å². The topological polar surface area (TPSA) is 52.6 Å². The maximum Gasteiger partial charge on any atom is 0.338 e. The molecule has 2 aliphatic carbocycles. The highest BCUT2D eigenvalue weighted by Gasteiger charge is 2.46. The molecule has 2 heterocycles. The number of thiol groups is 2. The molecule has 10 heteroatoms. The first-order valence-electron chi connectivity index (χ1n) is 23.3. The Bertz CT molecular complexity index is 2090.